The van der Waals surface area contributed by atoms with Gasteiger partial charge in [0.1, 0.15) is 4.90 Å². The first kappa shape index (κ1) is 14.9. The van der Waals surface area contributed by atoms with E-state index in [4.69, 9.17) is 5.73 Å². The zero-order chi connectivity index (χ0) is 15.0. The molecule has 1 aromatic rings. The van der Waals surface area contributed by atoms with Crippen LogP contribution < -0.4 is 5.73 Å². The minimum Gasteiger partial charge on any atom is -0.325 e. The van der Waals surface area contributed by atoms with Gasteiger partial charge in [-0.25, -0.2) is 8.42 Å². The van der Waals surface area contributed by atoms with E-state index >= 15 is 0 Å². The first-order valence-electron chi connectivity index (χ1n) is 7.40. The minimum atomic E-state index is -3.51. The van der Waals surface area contributed by atoms with Crippen LogP contribution in [0.5, 0.6) is 0 Å². The van der Waals surface area contributed by atoms with Gasteiger partial charge >= 0.3 is 0 Å². The van der Waals surface area contributed by atoms with Gasteiger partial charge in [0.2, 0.25) is 10.0 Å². The Labute approximate surface area is 126 Å². The van der Waals surface area contributed by atoms with Gasteiger partial charge in [-0.2, -0.15) is 4.31 Å². The van der Waals surface area contributed by atoms with E-state index in [1.807, 2.05) is 0 Å². The molecule has 2 aliphatic heterocycles. The van der Waals surface area contributed by atoms with Crippen LogP contribution in [0.1, 0.15) is 25.0 Å². The van der Waals surface area contributed by atoms with Gasteiger partial charge in [0, 0.05) is 37.9 Å². The summed E-state index contributed by atoms with van der Waals surface area (Å²) in [4.78, 5) is 6.70. The van der Waals surface area contributed by atoms with Crippen LogP contribution in [0.25, 0.3) is 0 Å². The first-order chi connectivity index (χ1) is 10.0. The summed E-state index contributed by atoms with van der Waals surface area (Å²) < 4.78 is 27.4. The molecule has 2 N–H and O–H groups in total. The topological polar surface area (TPSA) is 79.5 Å². The van der Waals surface area contributed by atoms with Crippen LogP contribution in [0.4, 0.5) is 0 Å². The SMILES string of the molecule is CN1C2CCC1CN(S(=O)(=O)c1cccnc1CN)CC2. The Hall–Kier alpha value is -1.02. The summed E-state index contributed by atoms with van der Waals surface area (Å²) in [5, 5.41) is 0. The highest BCUT2D eigenvalue weighted by atomic mass is 32.2. The smallest absolute Gasteiger partial charge is 0.244 e. The zero-order valence-electron chi connectivity index (χ0n) is 12.3. The number of likely N-dealkylation sites (N-methyl/N-ethyl adjacent to an activating group) is 1. The molecule has 1 aromatic heterocycles. The third kappa shape index (κ3) is 2.59. The van der Waals surface area contributed by atoms with Crippen LogP contribution in [0.15, 0.2) is 23.2 Å². The molecule has 0 aromatic carbocycles. The maximum atomic E-state index is 12.9. The number of rotatable bonds is 3. The maximum absolute atomic E-state index is 12.9. The van der Waals surface area contributed by atoms with E-state index in [2.05, 4.69) is 16.9 Å². The number of nitrogens with zero attached hydrogens (tertiary/aromatic N) is 3. The van der Waals surface area contributed by atoms with E-state index < -0.39 is 10.0 Å². The molecular formula is C14H22N4O2S. The fourth-order valence-corrected chi connectivity index (χ4v) is 5.12. The molecule has 0 aliphatic carbocycles. The van der Waals surface area contributed by atoms with Gasteiger partial charge in [0.25, 0.3) is 0 Å². The first-order valence-corrected chi connectivity index (χ1v) is 8.84. The number of aromatic nitrogens is 1. The van der Waals surface area contributed by atoms with Crippen molar-refractivity contribution in [2.75, 3.05) is 20.1 Å². The number of pyridine rings is 1. The molecular weight excluding hydrogens is 288 g/mol. The van der Waals surface area contributed by atoms with Crippen molar-refractivity contribution < 1.29 is 8.42 Å². The fraction of sp³-hybridized carbons (Fsp3) is 0.643. The molecule has 6 nitrogen and oxygen atoms in total. The number of hydrogen-bond acceptors (Lipinski definition) is 5. The minimum absolute atomic E-state index is 0.134. The van der Waals surface area contributed by atoms with Crippen LogP contribution in [-0.4, -0.2) is 54.8 Å². The van der Waals surface area contributed by atoms with Crippen molar-refractivity contribution in [3.63, 3.8) is 0 Å². The summed E-state index contributed by atoms with van der Waals surface area (Å²) in [5.41, 5.74) is 6.08. The van der Waals surface area contributed by atoms with E-state index in [-0.39, 0.29) is 11.4 Å². The van der Waals surface area contributed by atoms with Gasteiger partial charge < -0.3 is 5.73 Å². The Morgan fingerprint density at radius 1 is 1.33 bits per heavy atom. The lowest BCUT2D eigenvalue weighted by molar-refractivity contribution is 0.246. The van der Waals surface area contributed by atoms with Gasteiger partial charge in [-0.1, -0.05) is 0 Å². The number of hydrogen-bond donors (Lipinski definition) is 1. The molecule has 2 fully saturated rings. The molecule has 3 heterocycles. The van der Waals surface area contributed by atoms with Crippen molar-refractivity contribution in [3.05, 3.63) is 24.0 Å². The van der Waals surface area contributed by atoms with Gasteiger partial charge in [-0.05, 0) is 38.4 Å². The molecule has 116 valence electrons. The highest BCUT2D eigenvalue weighted by Crippen LogP contribution is 2.31. The Morgan fingerprint density at radius 3 is 2.86 bits per heavy atom. The van der Waals surface area contributed by atoms with Crippen molar-refractivity contribution in [1.29, 1.82) is 0 Å². The molecule has 0 spiro atoms. The van der Waals surface area contributed by atoms with Crippen LogP contribution in [0.3, 0.4) is 0 Å². The Kier molecular flexibility index (Phi) is 4.00. The predicted octanol–water partition coefficient (Wildman–Crippen LogP) is 0.398. The lowest BCUT2D eigenvalue weighted by atomic mass is 10.1. The molecule has 2 unspecified atom stereocenters. The Bertz CT molecular complexity index is 619. The fourth-order valence-electron chi connectivity index (χ4n) is 3.45. The van der Waals surface area contributed by atoms with Crippen LogP contribution in [0, 0.1) is 0 Å². The molecule has 2 bridgehead atoms. The second-order valence-electron chi connectivity index (χ2n) is 5.85. The van der Waals surface area contributed by atoms with Crippen molar-refractivity contribution in [1.82, 2.24) is 14.2 Å². The molecule has 2 atom stereocenters. The highest BCUT2D eigenvalue weighted by Gasteiger charge is 2.39. The summed E-state index contributed by atoms with van der Waals surface area (Å²) in [6.45, 7) is 1.27. The molecule has 21 heavy (non-hydrogen) atoms. The summed E-state index contributed by atoms with van der Waals surface area (Å²) in [6, 6.07) is 4.10. The lowest BCUT2D eigenvalue weighted by Crippen LogP contribution is -2.40. The maximum Gasteiger partial charge on any atom is 0.244 e. The second-order valence-corrected chi connectivity index (χ2v) is 7.76. The molecule has 2 saturated heterocycles. The summed E-state index contributed by atoms with van der Waals surface area (Å²) in [7, 11) is -1.40. The standard InChI is InChI=1S/C14H22N4O2S/c1-17-11-4-5-12(17)10-18(8-6-11)21(19,20)14-3-2-7-16-13(14)9-15/h2-3,7,11-12H,4-6,8-10,15H2,1H3. The highest BCUT2D eigenvalue weighted by molar-refractivity contribution is 7.89. The van der Waals surface area contributed by atoms with E-state index in [9.17, 15) is 8.42 Å². The second kappa shape index (κ2) is 5.64. The van der Waals surface area contributed by atoms with E-state index in [1.54, 1.807) is 22.6 Å². The normalized spacial score (nSPS) is 27.7. The zero-order valence-corrected chi connectivity index (χ0v) is 13.1. The third-order valence-electron chi connectivity index (χ3n) is 4.77. The average Bonchev–Trinajstić information content (AvgIpc) is 2.71. The third-order valence-corrected chi connectivity index (χ3v) is 6.71. The molecule has 2 aliphatic rings. The van der Waals surface area contributed by atoms with Gasteiger partial charge in [-0.3, -0.25) is 9.88 Å². The monoisotopic (exact) mass is 310 g/mol. The van der Waals surface area contributed by atoms with Crippen LogP contribution in [0.2, 0.25) is 0 Å². The molecule has 0 amide bonds. The number of sulfonamides is 1. The Balaban J connectivity index is 1.92. The average molecular weight is 310 g/mol. The quantitative estimate of drug-likeness (QED) is 0.874. The predicted molar refractivity (Wildman–Crippen MR) is 80.1 cm³/mol. The van der Waals surface area contributed by atoms with E-state index in [1.165, 1.54) is 6.42 Å². The van der Waals surface area contributed by atoms with Gasteiger partial charge in [-0.15, -0.1) is 0 Å². The van der Waals surface area contributed by atoms with Crippen LogP contribution >= 0.6 is 0 Å². The van der Waals surface area contributed by atoms with Crippen molar-refractivity contribution in [2.24, 2.45) is 5.73 Å². The lowest BCUT2D eigenvalue weighted by Gasteiger charge is -2.25. The molecule has 0 saturated carbocycles. The number of nitrogens with two attached hydrogens (primary N) is 1. The van der Waals surface area contributed by atoms with Gasteiger partial charge in [0.05, 0.1) is 5.69 Å². The van der Waals surface area contributed by atoms with Gasteiger partial charge in [0.15, 0.2) is 0 Å². The van der Waals surface area contributed by atoms with Crippen molar-refractivity contribution in [2.45, 2.75) is 42.8 Å². The largest absolute Gasteiger partial charge is 0.325 e. The summed E-state index contributed by atoms with van der Waals surface area (Å²) in [5.74, 6) is 0. The Morgan fingerprint density at radius 2 is 2.10 bits per heavy atom. The van der Waals surface area contributed by atoms with E-state index in [0.29, 0.717) is 30.9 Å². The van der Waals surface area contributed by atoms with E-state index in [0.717, 1.165) is 12.8 Å². The summed E-state index contributed by atoms with van der Waals surface area (Å²) >= 11 is 0. The molecule has 3 rings (SSSR count). The summed E-state index contributed by atoms with van der Waals surface area (Å²) in [6.07, 6.45) is 4.73. The molecule has 0 radical (unpaired) electrons. The van der Waals surface area contributed by atoms with Crippen molar-refractivity contribution >= 4 is 10.0 Å². The van der Waals surface area contributed by atoms with Crippen molar-refractivity contribution in [3.8, 4) is 0 Å². The number of fused-ring (bicyclic) bond motifs is 2. The van der Waals surface area contributed by atoms with Crippen LogP contribution in [-0.2, 0) is 16.6 Å². The molecule has 7 heteroatoms.